The van der Waals surface area contributed by atoms with E-state index in [1.807, 2.05) is 31.3 Å². The van der Waals surface area contributed by atoms with E-state index in [0.717, 1.165) is 46.9 Å². The first-order chi connectivity index (χ1) is 12.7. The van der Waals surface area contributed by atoms with Crippen molar-refractivity contribution in [1.82, 2.24) is 25.4 Å². The van der Waals surface area contributed by atoms with Crippen LogP contribution in [0.5, 0.6) is 0 Å². The van der Waals surface area contributed by atoms with Crippen LogP contribution < -0.4 is 5.32 Å². The molecule has 0 unspecified atom stereocenters. The van der Waals surface area contributed by atoms with Gasteiger partial charge < -0.3 is 5.32 Å². The third kappa shape index (κ3) is 2.71. The van der Waals surface area contributed by atoms with Crippen LogP contribution in [0.15, 0.2) is 24.4 Å². The molecule has 0 saturated carbocycles. The Morgan fingerprint density at radius 3 is 2.88 bits per heavy atom. The largest absolute Gasteiger partial charge is 0.335 e. The number of hydrogen-bond donors (Lipinski definition) is 2. The molecule has 0 spiro atoms. The van der Waals surface area contributed by atoms with Gasteiger partial charge in [-0.2, -0.15) is 5.10 Å². The highest BCUT2D eigenvalue weighted by Gasteiger charge is 2.34. The Morgan fingerprint density at radius 2 is 2.19 bits per heavy atom. The highest BCUT2D eigenvalue weighted by molar-refractivity contribution is 7.14. The van der Waals surface area contributed by atoms with Crippen molar-refractivity contribution in [3.05, 3.63) is 35.0 Å². The third-order valence-electron chi connectivity index (χ3n) is 5.59. The first-order valence-corrected chi connectivity index (χ1v) is 9.95. The fourth-order valence-electron chi connectivity index (χ4n) is 4.15. The average molecular weight is 367 g/mol. The molecule has 0 radical (unpaired) electrons. The molecule has 7 heteroatoms. The van der Waals surface area contributed by atoms with E-state index >= 15 is 0 Å². The fourth-order valence-corrected chi connectivity index (χ4v) is 4.91. The maximum absolute atomic E-state index is 12.8. The van der Waals surface area contributed by atoms with Gasteiger partial charge in [0.05, 0.1) is 11.7 Å². The number of amides is 1. The van der Waals surface area contributed by atoms with Crippen LogP contribution in [0.1, 0.15) is 34.6 Å². The van der Waals surface area contributed by atoms with E-state index in [0.29, 0.717) is 5.69 Å². The molecule has 2 bridgehead atoms. The number of nitrogens with zero attached hydrogens (tertiary/aromatic N) is 3. The van der Waals surface area contributed by atoms with Crippen LogP contribution in [-0.4, -0.2) is 45.2 Å². The summed E-state index contributed by atoms with van der Waals surface area (Å²) >= 11 is 1.66. The number of carbonyl (C=O) groups is 1. The highest BCUT2D eigenvalue weighted by Crippen LogP contribution is 2.31. The molecular formula is C19H21N5OS. The van der Waals surface area contributed by atoms with Gasteiger partial charge in [0.25, 0.3) is 5.91 Å². The number of aromatic nitrogens is 3. The minimum atomic E-state index is -0.0911. The molecule has 3 fully saturated rings. The van der Waals surface area contributed by atoms with Gasteiger partial charge in [-0.25, -0.2) is 4.98 Å². The SMILES string of the molecule is Cc1cnc(-c2ccc3c(C(=O)N[C@@H]4CC5CCN4CC5)n[nH]c3c2)s1. The van der Waals surface area contributed by atoms with Crippen LogP contribution in [0.2, 0.25) is 0 Å². The Morgan fingerprint density at radius 1 is 1.35 bits per heavy atom. The highest BCUT2D eigenvalue weighted by atomic mass is 32.1. The number of thiazole rings is 1. The number of piperidine rings is 3. The predicted molar refractivity (Wildman–Crippen MR) is 102 cm³/mol. The van der Waals surface area contributed by atoms with Gasteiger partial charge in [-0.05, 0) is 44.2 Å². The minimum absolute atomic E-state index is 0.0911. The lowest BCUT2D eigenvalue weighted by Crippen LogP contribution is -2.56. The first-order valence-electron chi connectivity index (χ1n) is 9.13. The molecule has 0 aliphatic carbocycles. The molecule has 1 atom stereocenters. The minimum Gasteiger partial charge on any atom is -0.335 e. The van der Waals surface area contributed by atoms with Crippen molar-refractivity contribution in [2.75, 3.05) is 13.1 Å². The molecule has 134 valence electrons. The molecule has 3 saturated heterocycles. The number of benzene rings is 1. The lowest BCUT2D eigenvalue weighted by molar-refractivity contribution is 0.0294. The Bertz CT molecular complexity index is 969. The van der Waals surface area contributed by atoms with Crippen molar-refractivity contribution in [2.24, 2.45) is 5.92 Å². The van der Waals surface area contributed by atoms with E-state index in [4.69, 9.17) is 0 Å². The number of rotatable bonds is 3. The fraction of sp³-hybridized carbons (Fsp3) is 0.421. The topological polar surface area (TPSA) is 73.9 Å². The number of H-pyrrole nitrogens is 1. The Kier molecular flexibility index (Phi) is 3.79. The molecule has 3 aromatic rings. The van der Waals surface area contributed by atoms with Gasteiger partial charge in [-0.1, -0.05) is 6.07 Å². The van der Waals surface area contributed by atoms with Crippen LogP contribution in [-0.2, 0) is 0 Å². The average Bonchev–Trinajstić information content (AvgIpc) is 3.28. The Balaban J connectivity index is 1.39. The molecule has 6 nitrogen and oxygen atoms in total. The van der Waals surface area contributed by atoms with Crippen LogP contribution in [0.4, 0.5) is 0 Å². The number of carbonyl (C=O) groups excluding carboxylic acids is 1. The number of aromatic amines is 1. The van der Waals surface area contributed by atoms with Crippen molar-refractivity contribution < 1.29 is 4.79 Å². The summed E-state index contributed by atoms with van der Waals surface area (Å²) < 4.78 is 0. The number of aryl methyl sites for hydroxylation is 1. The molecule has 3 aliphatic heterocycles. The van der Waals surface area contributed by atoms with E-state index in [2.05, 4.69) is 25.4 Å². The van der Waals surface area contributed by atoms with Crippen molar-refractivity contribution in [1.29, 1.82) is 0 Å². The Labute approximate surface area is 155 Å². The second kappa shape index (κ2) is 6.17. The lowest BCUT2D eigenvalue weighted by atomic mass is 9.86. The third-order valence-corrected chi connectivity index (χ3v) is 6.55. The van der Waals surface area contributed by atoms with Gasteiger partial charge in [0, 0.05) is 35.1 Å². The second-order valence-electron chi connectivity index (χ2n) is 7.31. The summed E-state index contributed by atoms with van der Waals surface area (Å²) in [6, 6.07) is 6.00. The molecule has 5 heterocycles. The molecule has 2 N–H and O–H groups in total. The molecular weight excluding hydrogens is 346 g/mol. The van der Waals surface area contributed by atoms with Crippen LogP contribution in [0, 0.1) is 12.8 Å². The molecule has 2 aromatic heterocycles. The summed E-state index contributed by atoms with van der Waals surface area (Å²) in [6.45, 7) is 4.23. The quantitative estimate of drug-likeness (QED) is 0.746. The number of nitrogens with one attached hydrogen (secondary N) is 2. The van der Waals surface area contributed by atoms with Gasteiger partial charge in [0.1, 0.15) is 5.01 Å². The maximum atomic E-state index is 12.8. The monoisotopic (exact) mass is 367 g/mol. The van der Waals surface area contributed by atoms with Crippen LogP contribution >= 0.6 is 11.3 Å². The molecule has 3 aliphatic rings. The maximum Gasteiger partial charge on any atom is 0.273 e. The predicted octanol–water partition coefficient (Wildman–Crippen LogP) is 3.17. The van der Waals surface area contributed by atoms with E-state index in [-0.39, 0.29) is 12.1 Å². The lowest BCUT2D eigenvalue weighted by Gasteiger charge is -2.45. The smallest absolute Gasteiger partial charge is 0.273 e. The summed E-state index contributed by atoms with van der Waals surface area (Å²) in [5.41, 5.74) is 2.39. The van der Waals surface area contributed by atoms with Crippen molar-refractivity contribution >= 4 is 28.1 Å². The van der Waals surface area contributed by atoms with Crippen molar-refractivity contribution in [3.8, 4) is 10.6 Å². The summed E-state index contributed by atoms with van der Waals surface area (Å²) in [7, 11) is 0. The van der Waals surface area contributed by atoms with E-state index in [9.17, 15) is 4.79 Å². The summed E-state index contributed by atoms with van der Waals surface area (Å²) in [5, 5.41) is 12.3. The normalized spacial score (nSPS) is 24.9. The standard InChI is InChI=1S/C19H21N5OS/c1-11-10-20-19(26-11)13-2-3-14-15(9-13)22-23-17(14)18(25)21-16-8-12-4-6-24(16)7-5-12/h2-3,9-10,12,16H,4-8H2,1H3,(H,21,25)(H,22,23)/t16-/m0/s1. The van der Waals surface area contributed by atoms with Crippen molar-refractivity contribution in [3.63, 3.8) is 0 Å². The summed E-state index contributed by atoms with van der Waals surface area (Å²) in [4.78, 5) is 20.8. The molecule has 1 aromatic carbocycles. The van der Waals surface area contributed by atoms with Gasteiger partial charge in [0.2, 0.25) is 0 Å². The van der Waals surface area contributed by atoms with Crippen LogP contribution in [0.3, 0.4) is 0 Å². The van der Waals surface area contributed by atoms with Gasteiger partial charge in [0.15, 0.2) is 5.69 Å². The number of fused-ring (bicyclic) bond motifs is 4. The second-order valence-corrected chi connectivity index (χ2v) is 8.55. The zero-order valence-electron chi connectivity index (χ0n) is 14.7. The van der Waals surface area contributed by atoms with E-state index in [1.54, 1.807) is 11.3 Å². The van der Waals surface area contributed by atoms with Gasteiger partial charge >= 0.3 is 0 Å². The Hall–Kier alpha value is -2.25. The zero-order chi connectivity index (χ0) is 17.7. The number of hydrogen-bond acceptors (Lipinski definition) is 5. The molecule has 1 amide bonds. The van der Waals surface area contributed by atoms with Gasteiger partial charge in [-0.15, -0.1) is 11.3 Å². The summed E-state index contributed by atoms with van der Waals surface area (Å²) in [5.74, 6) is 0.664. The summed E-state index contributed by atoms with van der Waals surface area (Å²) in [6.07, 6.45) is 5.61. The van der Waals surface area contributed by atoms with Gasteiger partial charge in [-0.3, -0.25) is 14.8 Å². The van der Waals surface area contributed by atoms with Crippen LogP contribution in [0.25, 0.3) is 21.5 Å². The zero-order valence-corrected chi connectivity index (χ0v) is 15.5. The molecule has 6 rings (SSSR count). The van der Waals surface area contributed by atoms with E-state index in [1.165, 1.54) is 17.7 Å². The first kappa shape index (κ1) is 16.0. The van der Waals surface area contributed by atoms with Crippen molar-refractivity contribution in [2.45, 2.75) is 32.4 Å². The molecule has 26 heavy (non-hydrogen) atoms. The van der Waals surface area contributed by atoms with E-state index < -0.39 is 0 Å².